The van der Waals surface area contributed by atoms with E-state index in [0.29, 0.717) is 0 Å². The van der Waals surface area contributed by atoms with E-state index >= 15 is 0 Å². The molecule has 4 nitrogen and oxygen atoms in total. The highest BCUT2D eigenvalue weighted by molar-refractivity contribution is 7.27. The lowest BCUT2D eigenvalue weighted by Crippen LogP contribution is -2.18. The molecule has 0 unspecified atom stereocenters. The molecule has 0 fully saturated rings. The summed E-state index contributed by atoms with van der Waals surface area (Å²) in [6.45, 7) is 14.3. The van der Waals surface area contributed by atoms with Gasteiger partial charge in [0.2, 0.25) is 0 Å². The summed E-state index contributed by atoms with van der Waals surface area (Å²) in [6, 6.07) is 185. The summed E-state index contributed by atoms with van der Waals surface area (Å²) in [4.78, 5) is 4.87. The van der Waals surface area contributed by atoms with Crippen LogP contribution in [0.25, 0.3) is 207 Å². The van der Waals surface area contributed by atoms with Crippen LogP contribution in [0.1, 0.15) is 74.9 Å². The van der Waals surface area contributed by atoms with Crippen molar-refractivity contribution >= 4 is 141 Å². The molecule has 4 aromatic heterocycles. The number of thiophene rings is 2. The molecule has 147 heavy (non-hydrogen) atoms. The first-order valence-corrected chi connectivity index (χ1v) is 52.8. The molecule has 0 aliphatic heterocycles. The molecule has 0 bridgehead atoms. The van der Waals surface area contributed by atoms with E-state index in [2.05, 4.69) is 558 Å². The lowest BCUT2D eigenvalue weighted by molar-refractivity contribution is 0.660. The van der Waals surface area contributed by atoms with E-state index in [1.54, 1.807) is 0 Å². The zero-order valence-corrected chi connectivity index (χ0v) is 84.1. The fourth-order valence-electron chi connectivity index (χ4n) is 24.5. The number of fused-ring (bicyclic) bond motifs is 23. The van der Waals surface area contributed by atoms with Gasteiger partial charge >= 0.3 is 0 Å². The molecule has 0 atom stereocenters. The Morgan fingerprint density at radius 3 is 0.789 bits per heavy atom. The zero-order chi connectivity index (χ0) is 98.1. The quantitative estimate of drug-likeness (QED) is 0.102. The first-order chi connectivity index (χ1) is 72.1. The molecule has 0 saturated heterocycles. The third kappa shape index (κ3) is 14.3. The average molecular weight is 1910 g/mol. The maximum atomic E-state index is 2.48. The predicted molar refractivity (Wildman–Crippen MR) is 627 cm³/mol. The summed E-state index contributed by atoms with van der Waals surface area (Å²) in [7, 11) is 0. The maximum Gasteiger partial charge on any atom is 0.0555 e. The first-order valence-electron chi connectivity index (χ1n) is 51.1. The third-order valence-electron chi connectivity index (χ3n) is 32.1. The Bertz CT molecular complexity index is 9750. The molecule has 3 aliphatic rings. The zero-order valence-electron chi connectivity index (χ0n) is 82.4. The van der Waals surface area contributed by atoms with Gasteiger partial charge in [-0.3, -0.25) is 0 Å². The highest BCUT2D eigenvalue weighted by Gasteiger charge is 2.40. The van der Waals surface area contributed by atoms with Crippen LogP contribution >= 0.6 is 22.7 Å². The van der Waals surface area contributed by atoms with Gasteiger partial charge in [0, 0.05) is 124 Å². The second-order valence-electron chi connectivity index (χ2n) is 41.4. The van der Waals surface area contributed by atoms with Crippen molar-refractivity contribution in [3.8, 4) is 123 Å². The predicted octanol–water partition coefficient (Wildman–Crippen LogP) is 39.8. The highest BCUT2D eigenvalue weighted by atomic mass is 32.1. The number of hydrogen-bond donors (Lipinski definition) is 0. The lowest BCUT2D eigenvalue weighted by Gasteiger charge is -2.30. The van der Waals surface area contributed by atoms with Crippen molar-refractivity contribution in [3.05, 3.63) is 531 Å². The Kier molecular flexibility index (Phi) is 20.4. The molecule has 26 aromatic rings. The van der Waals surface area contributed by atoms with Crippen LogP contribution in [0.3, 0.4) is 0 Å². The molecule has 29 rings (SSSR count). The first kappa shape index (κ1) is 87.3. The van der Waals surface area contributed by atoms with Crippen molar-refractivity contribution in [2.75, 3.05) is 9.80 Å². The van der Waals surface area contributed by atoms with Crippen LogP contribution in [0.5, 0.6) is 0 Å². The summed E-state index contributed by atoms with van der Waals surface area (Å²) in [5, 5.41) is 10.4. The van der Waals surface area contributed by atoms with Gasteiger partial charge in [-0.05, 0) is 296 Å². The topological polar surface area (TPSA) is 16.3 Å². The molecule has 3 aliphatic carbocycles. The van der Waals surface area contributed by atoms with Gasteiger partial charge in [0.15, 0.2) is 0 Å². The second kappa shape index (κ2) is 34.4. The fourth-order valence-corrected chi connectivity index (χ4v) is 27.0. The number of benzene rings is 22. The van der Waals surface area contributed by atoms with E-state index in [1.807, 2.05) is 22.7 Å². The summed E-state index contributed by atoms with van der Waals surface area (Å²) in [5.41, 5.74) is 46.6. The standard InChI is InChI=1S/C72H52N2S.C69H48N2S/c1-71(2)62-21-13-11-19-55(62)57-36-33-53(43-64(57)71)73(51-29-23-47(24-30-51)45-15-7-5-8-16-45)54-34-37-58-56-35-27-50(42-63(56)72(3,4)65(58)44-54)49-28-39-66-61(41-49)69-67(40-38-60-59-20-12-14-22-68(59)75-70(60)69)74(66)52-31-25-48(26-32-52)46-17-9-6-10-18-46;1-69(2)62-19-11-9-17-57(62)58-39-38-56(44-63(58)69)70(53-32-25-48(26-33-53)45-13-5-3-6-14-45)54-34-27-50(28-35-54)47-21-23-51(24-22-47)52-31-41-64-61(43-52)67-65(42-40-60-59-18-10-12-20-66(59)72-68(60)67)71(64)55-36-29-49(30-37-55)46-15-7-4-8-16-46/h5-44H,1-4H3;3-44H,1-2H3. The molecule has 4 heterocycles. The van der Waals surface area contributed by atoms with Gasteiger partial charge in [0.25, 0.3) is 0 Å². The monoisotopic (exact) mass is 1910 g/mol. The van der Waals surface area contributed by atoms with Gasteiger partial charge < -0.3 is 18.9 Å². The summed E-state index contributed by atoms with van der Waals surface area (Å²) < 4.78 is 10.2. The van der Waals surface area contributed by atoms with Crippen molar-refractivity contribution in [2.24, 2.45) is 0 Å². The molecule has 0 spiro atoms. The molecule has 0 amide bonds. The molecule has 0 N–H and O–H groups in total. The van der Waals surface area contributed by atoms with Crippen LogP contribution in [0.15, 0.2) is 497 Å². The van der Waals surface area contributed by atoms with Gasteiger partial charge in [0.05, 0.1) is 22.1 Å². The van der Waals surface area contributed by atoms with Crippen molar-refractivity contribution in [3.63, 3.8) is 0 Å². The number of aromatic nitrogens is 2. The number of nitrogens with zero attached hydrogens (tertiary/aromatic N) is 4. The average Bonchev–Trinajstić information content (AvgIpc) is 1.55. The normalized spacial score (nSPS) is 13.3. The Morgan fingerprint density at radius 1 is 0.170 bits per heavy atom. The van der Waals surface area contributed by atoms with Crippen LogP contribution in [0.2, 0.25) is 0 Å². The van der Waals surface area contributed by atoms with Gasteiger partial charge in [-0.15, -0.1) is 22.7 Å². The number of anilines is 6. The van der Waals surface area contributed by atoms with Crippen LogP contribution < -0.4 is 9.80 Å². The summed E-state index contributed by atoms with van der Waals surface area (Å²) >= 11 is 3.81. The third-order valence-corrected chi connectivity index (χ3v) is 34.5. The van der Waals surface area contributed by atoms with Crippen LogP contribution in [-0.4, -0.2) is 9.13 Å². The van der Waals surface area contributed by atoms with Gasteiger partial charge in [0.1, 0.15) is 0 Å². The van der Waals surface area contributed by atoms with E-state index < -0.39 is 0 Å². The van der Waals surface area contributed by atoms with Crippen LogP contribution in [0.4, 0.5) is 34.1 Å². The van der Waals surface area contributed by atoms with Gasteiger partial charge in [-0.1, -0.05) is 387 Å². The highest BCUT2D eigenvalue weighted by Crippen LogP contribution is 2.58. The SMILES string of the molecule is CC1(C)c2ccccc2-c2ccc(N(c3ccc(-c4ccccc4)cc3)c3ccc(-c4ccc(-c5ccc6c(c5)c5c7sc8ccccc8c7ccc5n6-c5ccc(-c6ccccc6)cc5)cc4)cc3)cc21.CC1(C)c2ccccc2-c2ccc(N(c3ccc(-c4ccccc4)cc3)c3ccc4c(c3)C(C)(C)c3cc(-c5ccc6c(c5)c5c7sc8ccccc8c7ccc5n6-c5ccc(-c6ccccc6)cc5)ccc3-4)cc21. The Balaban J connectivity index is 0.000000142. The van der Waals surface area contributed by atoms with E-state index in [-0.39, 0.29) is 16.2 Å². The van der Waals surface area contributed by atoms with Crippen molar-refractivity contribution < 1.29 is 0 Å². The maximum absolute atomic E-state index is 2.48. The van der Waals surface area contributed by atoms with E-state index in [4.69, 9.17) is 0 Å². The largest absolute Gasteiger partial charge is 0.310 e. The molecule has 6 heteroatoms. The number of hydrogen-bond acceptors (Lipinski definition) is 4. The smallest absolute Gasteiger partial charge is 0.0555 e. The Morgan fingerprint density at radius 2 is 0.415 bits per heavy atom. The molecular weight excluding hydrogens is 1810 g/mol. The second-order valence-corrected chi connectivity index (χ2v) is 43.5. The lowest BCUT2D eigenvalue weighted by atomic mass is 9.81. The van der Waals surface area contributed by atoms with Crippen LogP contribution in [0, 0.1) is 0 Å². The van der Waals surface area contributed by atoms with Gasteiger partial charge in [-0.25, -0.2) is 0 Å². The van der Waals surface area contributed by atoms with E-state index in [0.717, 1.165) is 45.5 Å². The molecular formula is C141H100N4S2. The molecule has 0 saturated carbocycles. The Hall–Kier alpha value is -17.5. The minimum absolute atomic E-state index is 0.104. The molecule has 22 aromatic carbocycles. The van der Waals surface area contributed by atoms with Crippen molar-refractivity contribution in [1.82, 2.24) is 9.13 Å². The molecule has 696 valence electrons. The van der Waals surface area contributed by atoms with Gasteiger partial charge in [-0.2, -0.15) is 0 Å². The number of rotatable bonds is 15. The van der Waals surface area contributed by atoms with Crippen molar-refractivity contribution in [2.45, 2.75) is 57.8 Å². The Labute approximate surface area is 864 Å². The molecule has 0 radical (unpaired) electrons. The minimum Gasteiger partial charge on any atom is -0.310 e. The van der Waals surface area contributed by atoms with E-state index in [9.17, 15) is 0 Å². The van der Waals surface area contributed by atoms with Crippen LogP contribution in [-0.2, 0) is 16.2 Å². The fraction of sp³-hybridized carbons (Fsp3) is 0.0638. The minimum atomic E-state index is -0.254. The summed E-state index contributed by atoms with van der Waals surface area (Å²) in [6.07, 6.45) is 0. The summed E-state index contributed by atoms with van der Waals surface area (Å²) in [5.74, 6) is 0. The van der Waals surface area contributed by atoms with Crippen molar-refractivity contribution in [1.29, 1.82) is 0 Å². The van der Waals surface area contributed by atoms with E-state index in [1.165, 1.54) is 229 Å².